The Balaban J connectivity index is 1.51. The van der Waals surface area contributed by atoms with Gasteiger partial charge in [0, 0.05) is 23.0 Å². The molecule has 0 radical (unpaired) electrons. The van der Waals surface area contributed by atoms with Crippen molar-refractivity contribution in [3.63, 3.8) is 0 Å². The predicted molar refractivity (Wildman–Crippen MR) is 159 cm³/mol. The lowest BCUT2D eigenvalue weighted by Gasteiger charge is -2.38. The van der Waals surface area contributed by atoms with Crippen LogP contribution in [0.2, 0.25) is 0 Å². The summed E-state index contributed by atoms with van der Waals surface area (Å²) in [4.78, 5) is 45.8. The molecule has 8 heteroatoms. The van der Waals surface area contributed by atoms with E-state index in [1.807, 2.05) is 59.6 Å². The molecule has 4 aromatic rings. The van der Waals surface area contributed by atoms with Crippen LogP contribution in [0.4, 0.5) is 10.1 Å². The Hall–Kier alpha value is -5.24. The smallest absolute Gasteiger partial charge is 0.238 e. The summed E-state index contributed by atoms with van der Waals surface area (Å²) in [5.74, 6) is -1.98. The standard InChI is InChI=1S/C35H27FN2O5/c1-42-27-16-13-22(19-28(27)43-2)32(40)30-29(31(39)21-11-14-23(36)15-12-21)35(25-9-5-6-10-26(25)37-34(35)41)33-24-8-4-3-7-20(24)17-18-38(30)33/h3-19,29-30,33H,1-2H3,(H,37,41)/t29-,30-,33-,35+/m1/s1. The van der Waals surface area contributed by atoms with Crippen molar-refractivity contribution < 1.29 is 28.2 Å². The second-order valence-electron chi connectivity index (χ2n) is 10.9. The van der Waals surface area contributed by atoms with Gasteiger partial charge in [-0.3, -0.25) is 14.4 Å². The zero-order valence-corrected chi connectivity index (χ0v) is 23.4. The number of anilines is 1. The molecule has 1 N–H and O–H groups in total. The van der Waals surface area contributed by atoms with Crippen LogP contribution in [-0.4, -0.2) is 42.6 Å². The molecule has 0 aliphatic carbocycles. The zero-order chi connectivity index (χ0) is 29.9. The number of methoxy groups -OCH3 is 2. The molecule has 0 bridgehead atoms. The summed E-state index contributed by atoms with van der Waals surface area (Å²) < 4.78 is 24.8. The van der Waals surface area contributed by atoms with Gasteiger partial charge in [0.2, 0.25) is 5.91 Å². The number of hydrogen-bond donors (Lipinski definition) is 1. The molecule has 3 aliphatic rings. The number of ether oxygens (including phenoxy) is 2. The highest BCUT2D eigenvalue weighted by molar-refractivity contribution is 6.16. The van der Waals surface area contributed by atoms with Gasteiger partial charge < -0.3 is 19.7 Å². The quantitative estimate of drug-likeness (QED) is 0.292. The molecule has 7 nitrogen and oxygen atoms in total. The van der Waals surface area contributed by atoms with E-state index >= 15 is 0 Å². The molecule has 214 valence electrons. The van der Waals surface area contributed by atoms with Crippen LogP contribution < -0.4 is 14.8 Å². The third-order valence-corrected chi connectivity index (χ3v) is 8.92. The van der Waals surface area contributed by atoms with Gasteiger partial charge in [0.1, 0.15) is 17.3 Å². The fourth-order valence-corrected chi connectivity index (χ4v) is 7.12. The fraction of sp³-hybridized carbons (Fsp3) is 0.171. The number of benzene rings is 4. The molecular formula is C35H27FN2O5. The van der Waals surface area contributed by atoms with Gasteiger partial charge >= 0.3 is 0 Å². The minimum absolute atomic E-state index is 0.213. The molecule has 4 aromatic carbocycles. The third kappa shape index (κ3) is 3.75. The van der Waals surface area contributed by atoms with E-state index < -0.39 is 35.0 Å². The van der Waals surface area contributed by atoms with Crippen molar-refractivity contribution in [3.05, 3.63) is 131 Å². The summed E-state index contributed by atoms with van der Waals surface area (Å²) in [5, 5.41) is 3.02. The Labute approximate surface area is 247 Å². The van der Waals surface area contributed by atoms with E-state index in [0.29, 0.717) is 28.3 Å². The number of nitrogens with one attached hydrogen (secondary N) is 1. The molecule has 1 amide bonds. The fourth-order valence-electron chi connectivity index (χ4n) is 7.12. The van der Waals surface area contributed by atoms with E-state index in [2.05, 4.69) is 5.32 Å². The van der Waals surface area contributed by atoms with Crippen LogP contribution in [0.15, 0.2) is 97.2 Å². The van der Waals surface area contributed by atoms with Crippen molar-refractivity contribution in [1.29, 1.82) is 0 Å². The highest BCUT2D eigenvalue weighted by atomic mass is 19.1. The van der Waals surface area contributed by atoms with E-state index in [9.17, 15) is 18.8 Å². The summed E-state index contributed by atoms with van der Waals surface area (Å²) in [7, 11) is 2.99. The van der Waals surface area contributed by atoms with Crippen LogP contribution in [0, 0.1) is 11.7 Å². The molecule has 0 saturated carbocycles. The van der Waals surface area contributed by atoms with Crippen LogP contribution in [0.25, 0.3) is 6.08 Å². The number of halogens is 1. The summed E-state index contributed by atoms with van der Waals surface area (Å²) >= 11 is 0. The monoisotopic (exact) mass is 574 g/mol. The first-order chi connectivity index (χ1) is 20.9. The van der Waals surface area contributed by atoms with Gasteiger partial charge in [0.25, 0.3) is 0 Å². The SMILES string of the molecule is COc1ccc(C(=O)[C@H]2[C@H](C(=O)c3ccc(F)cc3)[C@]3(C(=O)Nc4ccccc43)[C@H]3c4ccccc4C=CN23)cc1OC. The van der Waals surface area contributed by atoms with Crippen molar-refractivity contribution in [3.8, 4) is 11.5 Å². The average Bonchev–Trinajstić information content (AvgIpc) is 3.52. The van der Waals surface area contributed by atoms with E-state index in [4.69, 9.17) is 9.47 Å². The number of ketones is 2. The van der Waals surface area contributed by atoms with E-state index in [0.717, 1.165) is 11.1 Å². The van der Waals surface area contributed by atoms with Gasteiger partial charge in [0.05, 0.1) is 26.2 Å². The second-order valence-corrected chi connectivity index (χ2v) is 10.9. The summed E-state index contributed by atoms with van der Waals surface area (Å²) in [6, 6.07) is 23.3. The third-order valence-electron chi connectivity index (χ3n) is 8.92. The first kappa shape index (κ1) is 26.6. The summed E-state index contributed by atoms with van der Waals surface area (Å²) in [5.41, 5.74) is 2.00. The highest BCUT2D eigenvalue weighted by Crippen LogP contribution is 2.62. The molecule has 43 heavy (non-hydrogen) atoms. The molecule has 0 unspecified atom stereocenters. The molecule has 1 spiro atoms. The maximum atomic E-state index is 14.7. The van der Waals surface area contributed by atoms with E-state index in [1.165, 1.54) is 38.5 Å². The Bertz CT molecular complexity index is 1830. The van der Waals surface area contributed by atoms with Crippen LogP contribution in [0.3, 0.4) is 0 Å². The van der Waals surface area contributed by atoms with Crippen molar-refractivity contribution in [2.75, 3.05) is 19.5 Å². The maximum absolute atomic E-state index is 14.7. The normalized spacial score (nSPS) is 22.9. The minimum Gasteiger partial charge on any atom is -0.493 e. The Kier molecular flexibility index (Phi) is 6.16. The van der Waals surface area contributed by atoms with Gasteiger partial charge in [-0.2, -0.15) is 0 Å². The number of carbonyl (C=O) groups excluding carboxylic acids is 3. The summed E-state index contributed by atoms with van der Waals surface area (Å²) in [6.07, 6.45) is 3.71. The number of rotatable bonds is 6. The van der Waals surface area contributed by atoms with Crippen LogP contribution in [0.1, 0.15) is 43.4 Å². The van der Waals surface area contributed by atoms with Crippen molar-refractivity contribution >= 4 is 29.2 Å². The number of para-hydroxylation sites is 1. The number of carbonyl (C=O) groups is 3. The molecule has 7 rings (SSSR count). The first-order valence-electron chi connectivity index (χ1n) is 13.9. The minimum atomic E-state index is -1.47. The van der Waals surface area contributed by atoms with Crippen molar-refractivity contribution in [2.45, 2.75) is 17.5 Å². The predicted octanol–water partition coefficient (Wildman–Crippen LogP) is 5.82. The first-order valence-corrected chi connectivity index (χ1v) is 13.9. The lowest BCUT2D eigenvalue weighted by atomic mass is 9.62. The number of fused-ring (bicyclic) bond motifs is 6. The molecular weight excluding hydrogens is 547 g/mol. The topological polar surface area (TPSA) is 84.9 Å². The number of nitrogens with zero attached hydrogens (tertiary/aromatic N) is 1. The van der Waals surface area contributed by atoms with Gasteiger partial charge in [-0.05, 0) is 71.3 Å². The van der Waals surface area contributed by atoms with Crippen molar-refractivity contribution in [2.24, 2.45) is 5.92 Å². The Morgan fingerprint density at radius 2 is 1.53 bits per heavy atom. The van der Waals surface area contributed by atoms with Gasteiger partial charge in [-0.25, -0.2) is 4.39 Å². The van der Waals surface area contributed by atoms with E-state index in [-0.39, 0.29) is 17.3 Å². The Morgan fingerprint density at radius 3 is 2.30 bits per heavy atom. The molecule has 3 heterocycles. The number of Topliss-reactive ketones (excluding diaryl/α,β-unsaturated/α-hetero) is 2. The second kappa shape index (κ2) is 9.94. The van der Waals surface area contributed by atoms with E-state index in [1.54, 1.807) is 24.3 Å². The maximum Gasteiger partial charge on any atom is 0.238 e. The molecule has 3 aliphatic heterocycles. The molecule has 0 aromatic heterocycles. The van der Waals surface area contributed by atoms with Crippen molar-refractivity contribution in [1.82, 2.24) is 4.90 Å². The molecule has 1 saturated heterocycles. The van der Waals surface area contributed by atoms with Crippen LogP contribution >= 0.6 is 0 Å². The van der Waals surface area contributed by atoms with Crippen LogP contribution in [-0.2, 0) is 10.2 Å². The summed E-state index contributed by atoms with van der Waals surface area (Å²) in [6.45, 7) is 0. The van der Waals surface area contributed by atoms with Gasteiger partial charge in [-0.1, -0.05) is 42.5 Å². The Morgan fingerprint density at radius 1 is 0.837 bits per heavy atom. The van der Waals surface area contributed by atoms with Gasteiger partial charge in [-0.15, -0.1) is 0 Å². The lowest BCUT2D eigenvalue weighted by Crippen LogP contribution is -2.49. The van der Waals surface area contributed by atoms with Gasteiger partial charge in [0.15, 0.2) is 23.1 Å². The number of hydrogen-bond acceptors (Lipinski definition) is 6. The average molecular weight is 575 g/mol. The molecule has 4 atom stereocenters. The zero-order valence-electron chi connectivity index (χ0n) is 23.4. The lowest BCUT2D eigenvalue weighted by molar-refractivity contribution is -0.122. The largest absolute Gasteiger partial charge is 0.493 e. The highest BCUT2D eigenvalue weighted by Gasteiger charge is 2.70. The number of amides is 1. The van der Waals surface area contributed by atoms with Crippen LogP contribution in [0.5, 0.6) is 11.5 Å². The molecule has 1 fully saturated rings.